The van der Waals surface area contributed by atoms with Gasteiger partial charge in [-0.2, -0.15) is 0 Å². The van der Waals surface area contributed by atoms with E-state index < -0.39 is 0 Å². The lowest BCUT2D eigenvalue weighted by molar-refractivity contribution is 0.181. The maximum absolute atomic E-state index is 9.96. The SMILES string of the molecule is CCOc1cccc(CN(CCO)Cc2nc(C)ccc2O)c1. The van der Waals surface area contributed by atoms with E-state index in [0.717, 1.165) is 17.0 Å². The highest BCUT2D eigenvalue weighted by molar-refractivity contribution is 5.29. The standard InChI is InChI=1S/C18H24N2O3/c1-3-23-16-6-4-5-15(11-16)12-20(9-10-21)13-17-18(22)8-7-14(2)19-17/h4-8,11,21-22H,3,9-10,12-13H2,1-2H3. The number of ether oxygens (including phenoxy) is 1. The first-order valence-electron chi connectivity index (χ1n) is 7.82. The number of hydrogen-bond donors (Lipinski definition) is 2. The average Bonchev–Trinajstić information content (AvgIpc) is 2.52. The fraction of sp³-hybridized carbons (Fsp3) is 0.389. The van der Waals surface area contributed by atoms with E-state index in [1.165, 1.54) is 0 Å². The van der Waals surface area contributed by atoms with E-state index in [-0.39, 0.29) is 12.4 Å². The van der Waals surface area contributed by atoms with Crippen molar-refractivity contribution >= 4 is 0 Å². The molecule has 0 aliphatic rings. The molecule has 0 saturated carbocycles. The Labute approximate surface area is 137 Å². The molecule has 0 unspecified atom stereocenters. The fourth-order valence-electron chi connectivity index (χ4n) is 2.45. The lowest BCUT2D eigenvalue weighted by atomic mass is 10.2. The third-order valence-corrected chi connectivity index (χ3v) is 3.49. The van der Waals surface area contributed by atoms with Crippen molar-refractivity contribution in [1.82, 2.24) is 9.88 Å². The summed E-state index contributed by atoms with van der Waals surface area (Å²) in [6.07, 6.45) is 0. The van der Waals surface area contributed by atoms with Crippen LogP contribution in [0.5, 0.6) is 11.5 Å². The van der Waals surface area contributed by atoms with Gasteiger partial charge in [-0.05, 0) is 43.7 Å². The predicted molar refractivity (Wildman–Crippen MR) is 89.4 cm³/mol. The van der Waals surface area contributed by atoms with E-state index >= 15 is 0 Å². The molecule has 23 heavy (non-hydrogen) atoms. The third kappa shape index (κ3) is 5.23. The zero-order chi connectivity index (χ0) is 16.7. The van der Waals surface area contributed by atoms with Gasteiger partial charge in [0.1, 0.15) is 11.5 Å². The Bertz CT molecular complexity index is 631. The normalized spacial score (nSPS) is 11.0. The van der Waals surface area contributed by atoms with Crippen LogP contribution in [0.3, 0.4) is 0 Å². The van der Waals surface area contributed by atoms with E-state index in [2.05, 4.69) is 4.98 Å². The summed E-state index contributed by atoms with van der Waals surface area (Å²) in [7, 11) is 0. The van der Waals surface area contributed by atoms with Crippen LogP contribution in [-0.2, 0) is 13.1 Å². The van der Waals surface area contributed by atoms with Gasteiger partial charge in [0, 0.05) is 25.3 Å². The quantitative estimate of drug-likeness (QED) is 0.783. The molecule has 2 aromatic rings. The van der Waals surface area contributed by atoms with Gasteiger partial charge in [0.25, 0.3) is 0 Å². The van der Waals surface area contributed by atoms with Crippen molar-refractivity contribution in [2.24, 2.45) is 0 Å². The lowest BCUT2D eigenvalue weighted by Crippen LogP contribution is -2.26. The van der Waals surface area contributed by atoms with Crippen molar-refractivity contribution in [3.05, 3.63) is 53.3 Å². The molecule has 124 valence electrons. The second kappa shape index (κ2) is 8.50. The topological polar surface area (TPSA) is 65.8 Å². The van der Waals surface area contributed by atoms with Gasteiger partial charge < -0.3 is 14.9 Å². The van der Waals surface area contributed by atoms with Crippen LogP contribution in [0.1, 0.15) is 23.9 Å². The summed E-state index contributed by atoms with van der Waals surface area (Å²) in [5.41, 5.74) is 2.58. The van der Waals surface area contributed by atoms with Gasteiger partial charge in [-0.15, -0.1) is 0 Å². The van der Waals surface area contributed by atoms with Gasteiger partial charge in [-0.25, -0.2) is 0 Å². The molecule has 0 bridgehead atoms. The minimum Gasteiger partial charge on any atom is -0.506 e. The summed E-state index contributed by atoms with van der Waals surface area (Å²) in [4.78, 5) is 6.43. The average molecular weight is 316 g/mol. The van der Waals surface area contributed by atoms with Crippen LogP contribution in [0.4, 0.5) is 0 Å². The van der Waals surface area contributed by atoms with Crippen molar-refractivity contribution in [2.75, 3.05) is 19.8 Å². The van der Waals surface area contributed by atoms with Gasteiger partial charge in [-0.1, -0.05) is 12.1 Å². The van der Waals surface area contributed by atoms with Crippen molar-refractivity contribution in [3.63, 3.8) is 0 Å². The lowest BCUT2D eigenvalue weighted by Gasteiger charge is -2.22. The summed E-state index contributed by atoms with van der Waals surface area (Å²) in [5.74, 6) is 1.02. The van der Waals surface area contributed by atoms with Gasteiger partial charge in [0.2, 0.25) is 0 Å². The summed E-state index contributed by atoms with van der Waals surface area (Å²) in [5, 5.41) is 19.3. The Hall–Kier alpha value is -2.11. The van der Waals surface area contributed by atoms with Gasteiger partial charge in [0.05, 0.1) is 18.9 Å². The van der Waals surface area contributed by atoms with Crippen molar-refractivity contribution in [1.29, 1.82) is 0 Å². The fourth-order valence-corrected chi connectivity index (χ4v) is 2.45. The highest BCUT2D eigenvalue weighted by Gasteiger charge is 2.11. The molecule has 1 aromatic heterocycles. The second-order valence-corrected chi connectivity index (χ2v) is 5.43. The minimum absolute atomic E-state index is 0.0533. The van der Waals surface area contributed by atoms with E-state index in [4.69, 9.17) is 4.74 Å². The molecular formula is C18H24N2O3. The van der Waals surface area contributed by atoms with Crippen LogP contribution >= 0.6 is 0 Å². The minimum atomic E-state index is 0.0533. The molecule has 2 rings (SSSR count). The molecule has 2 N–H and O–H groups in total. The number of benzene rings is 1. The van der Waals surface area contributed by atoms with Gasteiger partial charge in [0.15, 0.2) is 0 Å². The number of hydrogen-bond acceptors (Lipinski definition) is 5. The number of aliphatic hydroxyl groups excluding tert-OH is 1. The number of aromatic nitrogens is 1. The molecule has 5 heteroatoms. The van der Waals surface area contributed by atoms with Crippen molar-refractivity contribution in [2.45, 2.75) is 26.9 Å². The smallest absolute Gasteiger partial charge is 0.138 e. The summed E-state index contributed by atoms with van der Waals surface area (Å²) < 4.78 is 5.52. The number of nitrogens with zero attached hydrogens (tertiary/aromatic N) is 2. The van der Waals surface area contributed by atoms with Crippen molar-refractivity contribution < 1.29 is 14.9 Å². The van der Waals surface area contributed by atoms with Gasteiger partial charge in [-0.3, -0.25) is 9.88 Å². The van der Waals surface area contributed by atoms with Crippen LogP contribution < -0.4 is 4.74 Å². The number of pyridine rings is 1. The third-order valence-electron chi connectivity index (χ3n) is 3.49. The Morgan fingerprint density at radius 2 is 2.00 bits per heavy atom. The molecule has 0 spiro atoms. The molecule has 5 nitrogen and oxygen atoms in total. The molecule has 0 aliphatic carbocycles. The molecule has 0 saturated heterocycles. The molecule has 0 aliphatic heterocycles. The summed E-state index contributed by atoms with van der Waals surface area (Å²) in [6, 6.07) is 11.3. The Morgan fingerprint density at radius 1 is 1.17 bits per heavy atom. The molecule has 1 heterocycles. The van der Waals surface area contributed by atoms with Crippen LogP contribution in [0.2, 0.25) is 0 Å². The molecule has 0 fully saturated rings. The zero-order valence-corrected chi connectivity index (χ0v) is 13.7. The largest absolute Gasteiger partial charge is 0.506 e. The predicted octanol–water partition coefficient (Wildman–Crippen LogP) is 2.49. The van der Waals surface area contributed by atoms with Crippen LogP contribution in [0, 0.1) is 6.92 Å². The van der Waals surface area contributed by atoms with Gasteiger partial charge >= 0.3 is 0 Å². The van der Waals surface area contributed by atoms with Crippen LogP contribution in [0.15, 0.2) is 36.4 Å². The maximum atomic E-state index is 9.96. The first kappa shape index (κ1) is 17.2. The summed E-state index contributed by atoms with van der Waals surface area (Å²) in [6.45, 7) is 6.17. The zero-order valence-electron chi connectivity index (χ0n) is 13.7. The molecular weight excluding hydrogens is 292 g/mol. The monoisotopic (exact) mass is 316 g/mol. The van der Waals surface area contributed by atoms with E-state index in [0.29, 0.717) is 31.9 Å². The summed E-state index contributed by atoms with van der Waals surface area (Å²) >= 11 is 0. The molecule has 0 radical (unpaired) electrons. The Kier molecular flexibility index (Phi) is 6.38. The second-order valence-electron chi connectivity index (χ2n) is 5.43. The number of aliphatic hydroxyl groups is 1. The van der Waals surface area contributed by atoms with Crippen LogP contribution in [0.25, 0.3) is 0 Å². The first-order chi connectivity index (χ1) is 11.1. The highest BCUT2D eigenvalue weighted by atomic mass is 16.5. The van der Waals surface area contributed by atoms with E-state index in [1.807, 2.05) is 43.0 Å². The number of aryl methyl sites for hydroxylation is 1. The molecule has 0 amide bonds. The van der Waals surface area contributed by atoms with Crippen molar-refractivity contribution in [3.8, 4) is 11.5 Å². The Balaban J connectivity index is 2.12. The van der Waals surface area contributed by atoms with E-state index in [1.54, 1.807) is 12.1 Å². The first-order valence-corrected chi connectivity index (χ1v) is 7.82. The molecule has 1 aromatic carbocycles. The number of rotatable bonds is 8. The highest BCUT2D eigenvalue weighted by Crippen LogP contribution is 2.19. The van der Waals surface area contributed by atoms with Crippen LogP contribution in [-0.4, -0.2) is 39.9 Å². The molecule has 0 atom stereocenters. The number of aromatic hydroxyl groups is 1. The maximum Gasteiger partial charge on any atom is 0.138 e. The Morgan fingerprint density at radius 3 is 2.74 bits per heavy atom. The van der Waals surface area contributed by atoms with E-state index in [9.17, 15) is 10.2 Å².